The van der Waals surface area contributed by atoms with Crippen LogP contribution in [0.15, 0.2) is 66.7 Å². The molecule has 1 heterocycles. The van der Waals surface area contributed by atoms with Crippen molar-refractivity contribution in [2.45, 2.75) is 6.92 Å². The SMILES string of the molecule is Cc1ccc(NC(=O)Nc2ccc(-c3nc4ccccc4s3)c(Cl)c2)cc1. The Morgan fingerprint density at radius 2 is 1.67 bits per heavy atom. The number of aryl methyl sites for hydroxylation is 1. The van der Waals surface area contributed by atoms with E-state index < -0.39 is 0 Å². The van der Waals surface area contributed by atoms with Crippen LogP contribution in [0.2, 0.25) is 5.02 Å². The number of thiazole rings is 1. The van der Waals surface area contributed by atoms with Crippen molar-refractivity contribution in [3.63, 3.8) is 0 Å². The van der Waals surface area contributed by atoms with E-state index in [9.17, 15) is 4.79 Å². The van der Waals surface area contributed by atoms with E-state index in [1.807, 2.05) is 67.6 Å². The summed E-state index contributed by atoms with van der Waals surface area (Å²) in [4.78, 5) is 16.8. The number of carbonyl (C=O) groups is 1. The second-order valence-corrected chi connectivity index (χ2v) is 7.56. The molecule has 0 saturated carbocycles. The molecule has 0 aliphatic rings. The van der Waals surface area contributed by atoms with Gasteiger partial charge in [-0.05, 0) is 49.4 Å². The first kappa shape index (κ1) is 17.5. The number of rotatable bonds is 3. The Morgan fingerprint density at radius 3 is 2.41 bits per heavy atom. The molecule has 0 bridgehead atoms. The zero-order valence-corrected chi connectivity index (χ0v) is 16.1. The molecule has 2 N–H and O–H groups in total. The molecule has 1 aromatic heterocycles. The zero-order valence-electron chi connectivity index (χ0n) is 14.5. The first-order chi connectivity index (χ1) is 13.1. The molecule has 0 aliphatic carbocycles. The van der Waals surface area contributed by atoms with Crippen molar-refractivity contribution in [1.82, 2.24) is 4.98 Å². The van der Waals surface area contributed by atoms with Gasteiger partial charge in [0.1, 0.15) is 5.01 Å². The van der Waals surface area contributed by atoms with Crippen molar-refractivity contribution < 1.29 is 4.79 Å². The summed E-state index contributed by atoms with van der Waals surface area (Å²) in [7, 11) is 0. The molecule has 0 fully saturated rings. The fraction of sp³-hybridized carbons (Fsp3) is 0.0476. The van der Waals surface area contributed by atoms with E-state index in [2.05, 4.69) is 15.6 Å². The highest BCUT2D eigenvalue weighted by atomic mass is 35.5. The normalized spacial score (nSPS) is 10.7. The minimum Gasteiger partial charge on any atom is -0.308 e. The lowest BCUT2D eigenvalue weighted by atomic mass is 10.2. The van der Waals surface area contributed by atoms with Gasteiger partial charge in [0.2, 0.25) is 0 Å². The molecule has 4 aromatic rings. The largest absolute Gasteiger partial charge is 0.323 e. The van der Waals surface area contributed by atoms with Gasteiger partial charge in [0.25, 0.3) is 0 Å². The van der Waals surface area contributed by atoms with Gasteiger partial charge in [0.15, 0.2) is 0 Å². The lowest BCUT2D eigenvalue weighted by Gasteiger charge is -2.09. The monoisotopic (exact) mass is 393 g/mol. The summed E-state index contributed by atoms with van der Waals surface area (Å²) >= 11 is 8.04. The minimum absolute atomic E-state index is 0.317. The quantitative estimate of drug-likeness (QED) is 0.413. The average Bonchev–Trinajstić information content (AvgIpc) is 3.07. The van der Waals surface area contributed by atoms with Gasteiger partial charge in [-0.25, -0.2) is 9.78 Å². The van der Waals surface area contributed by atoms with Gasteiger partial charge in [0.05, 0.1) is 15.2 Å². The summed E-state index contributed by atoms with van der Waals surface area (Å²) in [5, 5.41) is 7.00. The fourth-order valence-corrected chi connectivity index (χ4v) is 4.02. The van der Waals surface area contributed by atoms with Crippen LogP contribution in [0, 0.1) is 6.92 Å². The van der Waals surface area contributed by atoms with Gasteiger partial charge in [0, 0.05) is 16.9 Å². The van der Waals surface area contributed by atoms with Crippen LogP contribution in [0.4, 0.5) is 16.2 Å². The Balaban J connectivity index is 1.51. The standard InChI is InChI=1S/C21H16ClN3OS/c1-13-6-8-14(9-7-13)23-21(26)24-15-10-11-16(17(22)12-15)20-25-18-4-2-3-5-19(18)27-20/h2-12H,1H3,(H2,23,24,26). The Morgan fingerprint density at radius 1 is 0.963 bits per heavy atom. The maximum absolute atomic E-state index is 12.2. The Bertz CT molecular complexity index is 1090. The number of anilines is 2. The predicted octanol–water partition coefficient (Wildman–Crippen LogP) is 6.57. The molecule has 27 heavy (non-hydrogen) atoms. The molecule has 134 valence electrons. The minimum atomic E-state index is -0.317. The molecule has 4 nitrogen and oxygen atoms in total. The van der Waals surface area contributed by atoms with Crippen LogP contribution in [0.25, 0.3) is 20.8 Å². The van der Waals surface area contributed by atoms with Gasteiger partial charge >= 0.3 is 6.03 Å². The first-order valence-corrected chi connectivity index (χ1v) is 9.58. The average molecular weight is 394 g/mol. The highest BCUT2D eigenvalue weighted by Gasteiger charge is 2.11. The molecular formula is C21H16ClN3OS. The molecule has 0 radical (unpaired) electrons. The van der Waals surface area contributed by atoms with Crippen LogP contribution in [0.3, 0.4) is 0 Å². The molecule has 0 spiro atoms. The fourth-order valence-electron chi connectivity index (χ4n) is 2.68. The Hall–Kier alpha value is -2.89. The number of para-hydroxylation sites is 1. The molecule has 3 aromatic carbocycles. The summed E-state index contributed by atoms with van der Waals surface area (Å²) in [6.45, 7) is 2.00. The van der Waals surface area contributed by atoms with Crippen LogP contribution >= 0.6 is 22.9 Å². The van der Waals surface area contributed by atoms with Gasteiger partial charge in [-0.15, -0.1) is 11.3 Å². The van der Waals surface area contributed by atoms with E-state index in [0.29, 0.717) is 10.7 Å². The number of carbonyl (C=O) groups excluding carboxylic acids is 1. The second-order valence-electron chi connectivity index (χ2n) is 6.13. The highest BCUT2D eigenvalue weighted by Crippen LogP contribution is 2.35. The summed E-state index contributed by atoms with van der Waals surface area (Å²) in [6, 6.07) is 20.7. The predicted molar refractivity (Wildman–Crippen MR) is 114 cm³/mol. The number of nitrogens with zero attached hydrogens (tertiary/aromatic N) is 1. The molecule has 0 aliphatic heterocycles. The van der Waals surface area contributed by atoms with E-state index in [-0.39, 0.29) is 6.03 Å². The van der Waals surface area contributed by atoms with Crippen LogP contribution in [0.5, 0.6) is 0 Å². The molecule has 0 unspecified atom stereocenters. The van der Waals surface area contributed by atoms with Crippen LogP contribution in [-0.4, -0.2) is 11.0 Å². The van der Waals surface area contributed by atoms with E-state index in [1.165, 1.54) is 0 Å². The summed E-state index contributed by atoms with van der Waals surface area (Å²) in [5.41, 5.74) is 4.29. The summed E-state index contributed by atoms with van der Waals surface area (Å²) < 4.78 is 1.11. The Kier molecular flexibility index (Phi) is 4.79. The third kappa shape index (κ3) is 3.94. The van der Waals surface area contributed by atoms with Crippen molar-refractivity contribution in [3.05, 3.63) is 77.3 Å². The van der Waals surface area contributed by atoms with E-state index >= 15 is 0 Å². The number of halogens is 1. The van der Waals surface area contributed by atoms with Gasteiger partial charge in [-0.2, -0.15) is 0 Å². The van der Waals surface area contributed by atoms with Crippen LogP contribution < -0.4 is 10.6 Å². The Labute approximate surface area is 165 Å². The maximum Gasteiger partial charge on any atom is 0.323 e. The zero-order chi connectivity index (χ0) is 18.8. The van der Waals surface area contributed by atoms with Crippen molar-refractivity contribution in [2.24, 2.45) is 0 Å². The van der Waals surface area contributed by atoms with Crippen molar-refractivity contribution in [1.29, 1.82) is 0 Å². The second kappa shape index (κ2) is 7.39. The molecular weight excluding hydrogens is 378 g/mol. The summed E-state index contributed by atoms with van der Waals surface area (Å²) in [6.07, 6.45) is 0. The lowest BCUT2D eigenvalue weighted by Crippen LogP contribution is -2.19. The number of amides is 2. The molecule has 6 heteroatoms. The molecule has 0 saturated heterocycles. The number of urea groups is 1. The first-order valence-electron chi connectivity index (χ1n) is 8.39. The number of benzene rings is 3. The molecule has 4 rings (SSSR count). The van der Waals surface area contributed by atoms with E-state index in [1.54, 1.807) is 17.4 Å². The molecule has 0 atom stereocenters. The lowest BCUT2D eigenvalue weighted by molar-refractivity contribution is 0.262. The third-order valence-corrected chi connectivity index (χ3v) is 5.44. The van der Waals surface area contributed by atoms with Gasteiger partial charge < -0.3 is 10.6 Å². The third-order valence-electron chi connectivity index (χ3n) is 4.06. The van der Waals surface area contributed by atoms with E-state index in [0.717, 1.165) is 32.0 Å². The maximum atomic E-state index is 12.2. The van der Waals surface area contributed by atoms with Crippen molar-refractivity contribution >= 4 is 50.6 Å². The highest BCUT2D eigenvalue weighted by molar-refractivity contribution is 7.21. The smallest absolute Gasteiger partial charge is 0.308 e. The topological polar surface area (TPSA) is 54.0 Å². The number of nitrogens with one attached hydrogen (secondary N) is 2. The van der Waals surface area contributed by atoms with Gasteiger partial charge in [-0.3, -0.25) is 0 Å². The van der Waals surface area contributed by atoms with Gasteiger partial charge in [-0.1, -0.05) is 41.4 Å². The van der Waals surface area contributed by atoms with Crippen molar-refractivity contribution in [2.75, 3.05) is 10.6 Å². The molecule has 2 amide bonds. The number of hydrogen-bond acceptors (Lipinski definition) is 3. The van der Waals surface area contributed by atoms with Crippen LogP contribution in [-0.2, 0) is 0 Å². The van der Waals surface area contributed by atoms with Crippen molar-refractivity contribution in [3.8, 4) is 10.6 Å². The number of fused-ring (bicyclic) bond motifs is 1. The van der Waals surface area contributed by atoms with E-state index in [4.69, 9.17) is 11.6 Å². The van der Waals surface area contributed by atoms with Crippen LogP contribution in [0.1, 0.15) is 5.56 Å². The number of hydrogen-bond donors (Lipinski definition) is 2. The summed E-state index contributed by atoms with van der Waals surface area (Å²) in [5.74, 6) is 0. The number of aromatic nitrogens is 1.